The molecular formula is C13H19N3O4S. The van der Waals surface area contributed by atoms with E-state index in [0.29, 0.717) is 12.8 Å². The lowest BCUT2D eigenvalue weighted by atomic mass is 10.2. The second kappa shape index (κ2) is 5.90. The first-order valence-electron chi connectivity index (χ1n) is 6.71. The predicted molar refractivity (Wildman–Crippen MR) is 77.9 cm³/mol. The minimum absolute atomic E-state index is 0.0264. The molecule has 0 heterocycles. The first-order chi connectivity index (χ1) is 9.82. The molecule has 0 aliphatic heterocycles. The Hall–Kier alpha value is -1.80. The fourth-order valence-corrected chi connectivity index (χ4v) is 4.27. The molecule has 1 aliphatic carbocycles. The summed E-state index contributed by atoms with van der Waals surface area (Å²) in [4.78, 5) is 11.2. The highest BCUT2D eigenvalue weighted by Crippen LogP contribution is 2.30. The van der Waals surface area contributed by atoms with E-state index in [4.69, 9.17) is 11.5 Å². The zero-order valence-corrected chi connectivity index (χ0v) is 12.3. The van der Waals surface area contributed by atoms with Crippen LogP contribution in [0.5, 0.6) is 5.75 Å². The van der Waals surface area contributed by atoms with Gasteiger partial charge in [0.15, 0.2) is 0 Å². The van der Waals surface area contributed by atoms with E-state index in [1.807, 2.05) is 0 Å². The van der Waals surface area contributed by atoms with Gasteiger partial charge in [-0.15, -0.1) is 0 Å². The van der Waals surface area contributed by atoms with Crippen LogP contribution in [0.15, 0.2) is 23.1 Å². The van der Waals surface area contributed by atoms with Crippen LogP contribution in [0, 0.1) is 0 Å². The normalized spacial score (nSPS) is 16.4. The molecule has 1 saturated carbocycles. The molecule has 1 aromatic rings. The maximum atomic E-state index is 12.7. The number of carbonyl (C=O) groups is 1. The molecule has 0 saturated heterocycles. The Morgan fingerprint density at radius 2 is 1.95 bits per heavy atom. The van der Waals surface area contributed by atoms with E-state index in [1.54, 1.807) is 0 Å². The SMILES string of the molecule is NC(=O)CN(C1CCCC1)S(=O)(=O)c1ccc(O)c(N)c1. The molecule has 0 aromatic heterocycles. The van der Waals surface area contributed by atoms with Crippen LogP contribution in [0.1, 0.15) is 25.7 Å². The summed E-state index contributed by atoms with van der Waals surface area (Å²) in [5, 5.41) is 9.40. The summed E-state index contributed by atoms with van der Waals surface area (Å²) in [6.45, 7) is -0.353. The van der Waals surface area contributed by atoms with E-state index in [-0.39, 0.29) is 28.9 Å². The Morgan fingerprint density at radius 1 is 1.33 bits per heavy atom. The maximum absolute atomic E-state index is 12.7. The smallest absolute Gasteiger partial charge is 0.243 e. The predicted octanol–water partition coefficient (Wildman–Crippen LogP) is 0.393. The van der Waals surface area contributed by atoms with Gasteiger partial charge in [0.2, 0.25) is 15.9 Å². The van der Waals surface area contributed by atoms with E-state index in [2.05, 4.69) is 0 Å². The summed E-state index contributed by atoms with van der Waals surface area (Å²) < 4.78 is 26.5. The van der Waals surface area contributed by atoms with Gasteiger partial charge in [0.25, 0.3) is 0 Å². The van der Waals surface area contributed by atoms with Crippen molar-refractivity contribution in [1.29, 1.82) is 0 Å². The molecular weight excluding hydrogens is 294 g/mol. The van der Waals surface area contributed by atoms with Gasteiger partial charge in [0.05, 0.1) is 17.1 Å². The Kier molecular flexibility index (Phi) is 4.38. The number of hydrogen-bond acceptors (Lipinski definition) is 5. The lowest BCUT2D eigenvalue weighted by Gasteiger charge is -2.27. The van der Waals surface area contributed by atoms with Crippen molar-refractivity contribution in [2.24, 2.45) is 5.73 Å². The number of primary amides is 1. The number of anilines is 1. The lowest BCUT2D eigenvalue weighted by Crippen LogP contribution is -2.44. The standard InChI is InChI=1S/C13H19N3O4S/c14-11-7-10(5-6-12(11)17)21(19,20)16(8-13(15)18)9-3-1-2-4-9/h5-7,9,17H,1-4,8,14H2,(H2,15,18). The lowest BCUT2D eigenvalue weighted by molar-refractivity contribution is -0.118. The average molecular weight is 313 g/mol. The van der Waals surface area contributed by atoms with Gasteiger partial charge in [-0.05, 0) is 31.0 Å². The number of hydrogen-bond donors (Lipinski definition) is 3. The van der Waals surface area contributed by atoms with E-state index in [0.717, 1.165) is 17.1 Å². The van der Waals surface area contributed by atoms with Crippen molar-refractivity contribution < 1.29 is 18.3 Å². The number of carbonyl (C=O) groups excluding carboxylic acids is 1. The molecule has 1 amide bonds. The Morgan fingerprint density at radius 3 is 2.48 bits per heavy atom. The van der Waals surface area contributed by atoms with Crippen LogP contribution < -0.4 is 11.5 Å². The number of phenols is 1. The van der Waals surface area contributed by atoms with Gasteiger partial charge >= 0.3 is 0 Å². The first-order valence-corrected chi connectivity index (χ1v) is 8.15. The molecule has 0 bridgehead atoms. The van der Waals surface area contributed by atoms with Crippen molar-refractivity contribution in [2.75, 3.05) is 12.3 Å². The number of rotatable bonds is 5. The maximum Gasteiger partial charge on any atom is 0.243 e. The third-order valence-corrected chi connectivity index (χ3v) is 5.54. The zero-order chi connectivity index (χ0) is 15.6. The van der Waals surface area contributed by atoms with Gasteiger partial charge in [0.1, 0.15) is 5.75 Å². The van der Waals surface area contributed by atoms with Crippen molar-refractivity contribution in [3.8, 4) is 5.75 Å². The monoisotopic (exact) mass is 313 g/mol. The van der Waals surface area contributed by atoms with Crippen molar-refractivity contribution in [1.82, 2.24) is 4.31 Å². The van der Waals surface area contributed by atoms with Gasteiger partial charge in [0, 0.05) is 6.04 Å². The second-order valence-corrected chi connectivity index (χ2v) is 7.07. The Labute approximate surface area is 123 Å². The number of nitrogens with two attached hydrogens (primary N) is 2. The highest BCUT2D eigenvalue weighted by molar-refractivity contribution is 7.89. The zero-order valence-electron chi connectivity index (χ0n) is 11.5. The fourth-order valence-electron chi connectivity index (χ4n) is 2.58. The van der Waals surface area contributed by atoms with Crippen LogP contribution >= 0.6 is 0 Å². The molecule has 1 aromatic carbocycles. The van der Waals surface area contributed by atoms with Gasteiger partial charge < -0.3 is 16.6 Å². The molecule has 0 atom stereocenters. The molecule has 116 valence electrons. The molecule has 1 aliphatic rings. The number of benzene rings is 1. The summed E-state index contributed by atoms with van der Waals surface area (Å²) >= 11 is 0. The number of sulfonamides is 1. The number of nitrogen functional groups attached to an aromatic ring is 1. The summed E-state index contributed by atoms with van der Waals surface area (Å²) in [7, 11) is -3.88. The number of amides is 1. The van der Waals surface area contributed by atoms with Gasteiger partial charge in [-0.3, -0.25) is 4.79 Å². The molecule has 2 rings (SSSR count). The summed E-state index contributed by atoms with van der Waals surface area (Å²) in [6.07, 6.45) is 3.26. The van der Waals surface area contributed by atoms with E-state index in [9.17, 15) is 18.3 Å². The Balaban J connectivity index is 2.40. The molecule has 5 N–H and O–H groups in total. The number of aromatic hydroxyl groups is 1. The Bertz CT molecular complexity index is 639. The molecule has 0 unspecified atom stereocenters. The quantitative estimate of drug-likeness (QED) is 0.535. The van der Waals surface area contributed by atoms with Crippen molar-refractivity contribution in [3.63, 3.8) is 0 Å². The van der Waals surface area contributed by atoms with Crippen molar-refractivity contribution in [2.45, 2.75) is 36.6 Å². The minimum Gasteiger partial charge on any atom is -0.506 e. The topological polar surface area (TPSA) is 127 Å². The summed E-state index contributed by atoms with van der Waals surface area (Å²) in [6, 6.07) is 3.45. The van der Waals surface area contributed by atoms with E-state index < -0.39 is 15.9 Å². The highest BCUT2D eigenvalue weighted by atomic mass is 32.2. The number of nitrogens with zero attached hydrogens (tertiary/aromatic N) is 1. The third-order valence-electron chi connectivity index (χ3n) is 3.65. The molecule has 8 heteroatoms. The van der Waals surface area contributed by atoms with Crippen LogP contribution in [-0.4, -0.2) is 36.3 Å². The van der Waals surface area contributed by atoms with Crippen LogP contribution in [0.3, 0.4) is 0 Å². The molecule has 7 nitrogen and oxygen atoms in total. The van der Waals surface area contributed by atoms with Crippen LogP contribution in [0.4, 0.5) is 5.69 Å². The largest absolute Gasteiger partial charge is 0.506 e. The van der Waals surface area contributed by atoms with Crippen molar-refractivity contribution >= 4 is 21.6 Å². The molecule has 21 heavy (non-hydrogen) atoms. The molecule has 0 spiro atoms. The van der Waals surface area contributed by atoms with E-state index >= 15 is 0 Å². The van der Waals surface area contributed by atoms with Gasteiger partial charge in [-0.25, -0.2) is 8.42 Å². The van der Waals surface area contributed by atoms with Gasteiger partial charge in [-0.1, -0.05) is 12.8 Å². The van der Waals surface area contributed by atoms with Crippen LogP contribution in [0.25, 0.3) is 0 Å². The van der Waals surface area contributed by atoms with Crippen molar-refractivity contribution in [3.05, 3.63) is 18.2 Å². The van der Waals surface area contributed by atoms with Crippen LogP contribution in [-0.2, 0) is 14.8 Å². The fraction of sp³-hybridized carbons (Fsp3) is 0.462. The minimum atomic E-state index is -3.88. The second-order valence-electron chi connectivity index (χ2n) is 5.18. The van der Waals surface area contributed by atoms with Crippen LogP contribution in [0.2, 0.25) is 0 Å². The third kappa shape index (κ3) is 3.27. The van der Waals surface area contributed by atoms with Gasteiger partial charge in [-0.2, -0.15) is 4.31 Å². The molecule has 1 fully saturated rings. The average Bonchev–Trinajstić information content (AvgIpc) is 2.92. The summed E-state index contributed by atoms with van der Waals surface area (Å²) in [5.41, 5.74) is 10.7. The highest BCUT2D eigenvalue weighted by Gasteiger charge is 2.34. The molecule has 0 radical (unpaired) electrons. The van der Waals surface area contributed by atoms with E-state index in [1.165, 1.54) is 18.2 Å². The number of phenolic OH excluding ortho intramolecular Hbond substituents is 1. The first kappa shape index (κ1) is 15.6. The summed E-state index contributed by atoms with van der Waals surface area (Å²) in [5.74, 6) is -0.881.